The van der Waals surface area contributed by atoms with Crippen LogP contribution in [0.4, 0.5) is 0 Å². The minimum atomic E-state index is -1.64. The summed E-state index contributed by atoms with van der Waals surface area (Å²) in [5, 5.41) is 42.8. The highest BCUT2D eigenvalue weighted by Gasteiger charge is 2.53. The molecule has 12 nitrogen and oxygen atoms in total. The van der Waals surface area contributed by atoms with Crippen molar-refractivity contribution in [3.8, 4) is 0 Å². The number of carbonyl (C=O) groups excluding carboxylic acids is 1. The Labute approximate surface area is 236 Å². The van der Waals surface area contributed by atoms with E-state index >= 15 is 0 Å². The average Bonchev–Trinajstić information content (AvgIpc) is 3.37. The largest absolute Gasteiger partial charge is 0.469 e. The van der Waals surface area contributed by atoms with Crippen molar-refractivity contribution in [3.63, 3.8) is 0 Å². The number of aryl methyl sites for hydroxylation is 1. The maximum Gasteiger partial charge on any atom is 0.314 e. The molecule has 10 atom stereocenters. The first-order valence-corrected chi connectivity index (χ1v) is 13.5. The number of nitrogens with one attached hydrogen (secondary N) is 1. The van der Waals surface area contributed by atoms with Gasteiger partial charge in [0.15, 0.2) is 25.1 Å². The molecule has 1 aromatic carbocycles. The second kappa shape index (κ2) is 12.1. The van der Waals surface area contributed by atoms with E-state index in [1.54, 1.807) is 6.08 Å². The molecular formula is C29H37N2O10+. The second-order valence-corrected chi connectivity index (χ2v) is 10.5. The molecule has 0 amide bonds. The van der Waals surface area contributed by atoms with Crippen molar-refractivity contribution >= 4 is 27.8 Å². The third-order valence-corrected chi connectivity index (χ3v) is 8.28. The van der Waals surface area contributed by atoms with Crippen molar-refractivity contribution < 1.29 is 53.5 Å². The number of aliphatic hydroxyl groups excluding tert-OH is 4. The number of aromatic amines is 1. The van der Waals surface area contributed by atoms with Crippen LogP contribution in [0.25, 0.3) is 21.8 Å². The molecule has 0 saturated carbocycles. The Kier molecular flexibility index (Phi) is 8.73. The maximum absolute atomic E-state index is 13.2. The van der Waals surface area contributed by atoms with Crippen LogP contribution in [-0.2, 0) is 41.9 Å². The fourth-order valence-corrected chi connectivity index (χ4v) is 6.04. The highest BCUT2D eigenvalue weighted by Crippen LogP contribution is 2.42. The first-order valence-electron chi connectivity index (χ1n) is 13.5. The molecule has 4 heterocycles. The lowest BCUT2D eigenvalue weighted by atomic mass is 9.75. The summed E-state index contributed by atoms with van der Waals surface area (Å²) in [5.74, 6) is -2.57. The van der Waals surface area contributed by atoms with Gasteiger partial charge in [-0.25, -0.2) is 4.57 Å². The zero-order valence-electron chi connectivity index (χ0n) is 23.1. The van der Waals surface area contributed by atoms with Crippen LogP contribution < -0.4 is 4.57 Å². The van der Waals surface area contributed by atoms with Gasteiger partial charge in [0.25, 0.3) is 0 Å². The van der Waals surface area contributed by atoms with Gasteiger partial charge in [-0.2, -0.15) is 0 Å². The van der Waals surface area contributed by atoms with Crippen LogP contribution >= 0.6 is 0 Å². The average molecular weight is 574 g/mol. The summed E-state index contributed by atoms with van der Waals surface area (Å²) >= 11 is 0. The quantitative estimate of drug-likeness (QED) is 0.141. The Hall–Kier alpha value is -2.94. The normalized spacial score (nSPS) is 34.1. The second-order valence-electron chi connectivity index (χ2n) is 10.5. The summed E-state index contributed by atoms with van der Waals surface area (Å²) in [7, 11) is 4.62. The van der Waals surface area contributed by atoms with Gasteiger partial charge in [-0.3, -0.25) is 4.79 Å². The number of aliphatic hydroxyl groups is 4. The van der Waals surface area contributed by atoms with E-state index in [0.717, 1.165) is 27.5 Å². The zero-order chi connectivity index (χ0) is 29.4. The minimum Gasteiger partial charge on any atom is -0.469 e. The number of esters is 1. The van der Waals surface area contributed by atoms with Crippen LogP contribution in [0.1, 0.15) is 5.69 Å². The zero-order valence-corrected chi connectivity index (χ0v) is 23.1. The van der Waals surface area contributed by atoms with Crippen LogP contribution in [0, 0.1) is 17.8 Å². The van der Waals surface area contributed by atoms with Gasteiger partial charge in [0.05, 0.1) is 13.7 Å². The number of aromatic nitrogens is 2. The number of ether oxygens (including phenoxy) is 5. The summed E-state index contributed by atoms with van der Waals surface area (Å²) < 4.78 is 30.4. The summed E-state index contributed by atoms with van der Waals surface area (Å²) in [5.41, 5.74) is 2.80. The van der Waals surface area contributed by atoms with Gasteiger partial charge in [-0.15, -0.1) is 6.58 Å². The molecule has 5 rings (SSSR count). The summed E-state index contributed by atoms with van der Waals surface area (Å²) in [6, 6.07) is 10.0. The topological polar surface area (TPSA) is 164 Å². The standard InChI is InChI=1S/C29H36N2O10/c1-5-14-17(12-19-22-16(10-11-31(19)2)15-8-6-7-9-18(15)30-22)21(26(36)37-3)28(38-4)40-27(14)41-29-25(35)24(34)23(33)20(13-32)39-29/h5-11,14,17,20-21,23-25,27-29,32-35H,1,12-13H2,2-4H3/p+1/t14-,17+,20-,21+,23-,24+,25-,27+,28-,29+/m1/s1. The predicted molar refractivity (Wildman–Crippen MR) is 144 cm³/mol. The Bertz CT molecular complexity index is 1390. The first kappa shape index (κ1) is 29.5. The van der Waals surface area contributed by atoms with Crippen molar-refractivity contribution in [2.75, 3.05) is 20.8 Å². The number of benzene rings is 1. The van der Waals surface area contributed by atoms with Crippen LogP contribution in [0.2, 0.25) is 0 Å². The van der Waals surface area contributed by atoms with E-state index in [1.165, 1.54) is 14.2 Å². The number of carbonyl (C=O) groups is 1. The predicted octanol–water partition coefficient (Wildman–Crippen LogP) is 0.0410. The number of H-pyrrole nitrogens is 1. The highest BCUT2D eigenvalue weighted by atomic mass is 16.8. The van der Waals surface area contributed by atoms with Crippen molar-refractivity contribution in [3.05, 3.63) is 54.9 Å². The van der Waals surface area contributed by atoms with E-state index in [-0.39, 0.29) is 0 Å². The van der Waals surface area contributed by atoms with Crippen molar-refractivity contribution in [2.45, 2.75) is 49.7 Å². The van der Waals surface area contributed by atoms with Gasteiger partial charge < -0.3 is 49.1 Å². The van der Waals surface area contributed by atoms with E-state index in [0.29, 0.717) is 6.42 Å². The summed E-state index contributed by atoms with van der Waals surface area (Å²) in [6.45, 7) is 3.38. The summed E-state index contributed by atoms with van der Waals surface area (Å²) in [4.78, 5) is 16.7. The Balaban J connectivity index is 1.54. The Morgan fingerprint density at radius 1 is 1.05 bits per heavy atom. The van der Waals surface area contributed by atoms with E-state index in [9.17, 15) is 25.2 Å². The molecule has 3 aromatic rings. The number of para-hydroxylation sites is 1. The van der Waals surface area contributed by atoms with E-state index in [4.69, 9.17) is 23.7 Å². The number of hydrogen-bond acceptors (Lipinski definition) is 10. The fraction of sp³-hybridized carbons (Fsp3) is 0.517. The molecule has 2 fully saturated rings. The van der Waals surface area contributed by atoms with Crippen molar-refractivity contribution in [1.82, 2.24) is 4.98 Å². The summed E-state index contributed by atoms with van der Waals surface area (Å²) in [6.07, 6.45) is -5.76. The molecule has 0 bridgehead atoms. The molecule has 2 aliphatic heterocycles. The molecule has 0 unspecified atom stereocenters. The number of fused-ring (bicyclic) bond motifs is 3. The molecular weight excluding hydrogens is 536 g/mol. The Morgan fingerprint density at radius 2 is 1.80 bits per heavy atom. The molecule has 41 heavy (non-hydrogen) atoms. The molecule has 0 radical (unpaired) electrons. The van der Waals surface area contributed by atoms with Gasteiger partial charge in [-0.05, 0) is 12.0 Å². The van der Waals surface area contributed by atoms with Crippen LogP contribution in [-0.4, -0.2) is 95.5 Å². The number of nitrogens with zero attached hydrogens (tertiary/aromatic N) is 1. The molecule has 5 N–H and O–H groups in total. The third-order valence-electron chi connectivity index (χ3n) is 8.28. The maximum atomic E-state index is 13.2. The lowest BCUT2D eigenvalue weighted by Gasteiger charge is -2.46. The lowest BCUT2D eigenvalue weighted by molar-refractivity contribution is -0.678. The van der Waals surface area contributed by atoms with Crippen molar-refractivity contribution in [2.24, 2.45) is 24.8 Å². The molecule has 2 aliphatic rings. The highest BCUT2D eigenvalue weighted by molar-refractivity contribution is 6.07. The van der Waals surface area contributed by atoms with E-state index < -0.39 is 73.6 Å². The third kappa shape index (κ3) is 5.26. The van der Waals surface area contributed by atoms with E-state index in [2.05, 4.69) is 11.6 Å². The van der Waals surface area contributed by atoms with Gasteiger partial charge >= 0.3 is 5.97 Å². The molecule has 0 spiro atoms. The minimum absolute atomic E-state index is 0.356. The van der Waals surface area contributed by atoms with Gasteiger partial charge in [0.1, 0.15) is 42.9 Å². The van der Waals surface area contributed by atoms with Crippen LogP contribution in [0.15, 0.2) is 49.2 Å². The van der Waals surface area contributed by atoms with Crippen molar-refractivity contribution in [1.29, 1.82) is 0 Å². The smallest absolute Gasteiger partial charge is 0.314 e. The monoisotopic (exact) mass is 573 g/mol. The van der Waals surface area contributed by atoms with E-state index in [1.807, 2.05) is 48.1 Å². The van der Waals surface area contributed by atoms with Crippen LogP contribution in [0.3, 0.4) is 0 Å². The molecule has 12 heteroatoms. The number of rotatable bonds is 8. The number of hydrogen-bond donors (Lipinski definition) is 5. The lowest BCUT2D eigenvalue weighted by Crippen LogP contribution is -2.61. The molecule has 2 saturated heterocycles. The van der Waals surface area contributed by atoms with Gasteiger partial charge in [0, 0.05) is 41.8 Å². The fourth-order valence-electron chi connectivity index (χ4n) is 6.04. The number of pyridine rings is 1. The van der Waals surface area contributed by atoms with Gasteiger partial charge in [-0.1, -0.05) is 24.3 Å². The molecule has 222 valence electrons. The Morgan fingerprint density at radius 3 is 2.49 bits per heavy atom. The van der Waals surface area contributed by atoms with Crippen LogP contribution in [0.5, 0.6) is 0 Å². The number of methoxy groups -OCH3 is 2. The van der Waals surface area contributed by atoms with Gasteiger partial charge in [0.2, 0.25) is 5.69 Å². The molecule has 0 aliphatic carbocycles. The first-order chi connectivity index (χ1) is 19.7. The SMILES string of the molecule is C=C[C@H]1[C@H](O[C@@H]2O[C@H](CO)[C@@H](O)[C@H](O)[C@H]2O)O[C@@H](OC)[C@H](C(=O)OC)[C@H]1Cc1c2[nH]c3ccccc3c2cc[n+]1C. The molecule has 2 aromatic heterocycles.